The van der Waals surface area contributed by atoms with Crippen molar-refractivity contribution in [3.05, 3.63) is 47.5 Å². The fraction of sp³-hybridized carbons (Fsp3) is 0.571. The first-order valence-electron chi connectivity index (χ1n) is 9.99. The van der Waals surface area contributed by atoms with Gasteiger partial charge in [0.1, 0.15) is 0 Å². The van der Waals surface area contributed by atoms with E-state index < -0.39 is 10.0 Å². The van der Waals surface area contributed by atoms with Crippen LogP contribution in [0.15, 0.2) is 42.0 Å². The van der Waals surface area contributed by atoms with Crippen molar-refractivity contribution in [3.63, 3.8) is 0 Å². The number of benzene rings is 1. The van der Waals surface area contributed by atoms with Gasteiger partial charge in [0.25, 0.3) is 0 Å². The van der Waals surface area contributed by atoms with E-state index in [1.165, 1.54) is 18.4 Å². The molecule has 5 nitrogen and oxygen atoms in total. The summed E-state index contributed by atoms with van der Waals surface area (Å²) >= 11 is 0. The van der Waals surface area contributed by atoms with E-state index in [4.69, 9.17) is 0 Å². The SMILES string of the molecule is O=C(CC1=CCCCC1)N1CCC[C@H](CNS(=O)(=O)Cc2ccccc2)C1. The number of sulfonamides is 1. The molecule has 0 radical (unpaired) electrons. The maximum atomic E-state index is 12.6. The lowest BCUT2D eigenvalue weighted by atomic mass is 9.95. The highest BCUT2D eigenvalue weighted by Gasteiger charge is 2.25. The first-order valence-corrected chi connectivity index (χ1v) is 11.6. The Bertz CT molecular complexity index is 759. The largest absolute Gasteiger partial charge is 0.342 e. The number of likely N-dealkylation sites (tertiary alicyclic amines) is 1. The monoisotopic (exact) mass is 390 g/mol. The number of carbonyl (C=O) groups is 1. The molecule has 6 heteroatoms. The molecule has 27 heavy (non-hydrogen) atoms. The topological polar surface area (TPSA) is 66.5 Å². The molecule has 1 saturated heterocycles. The molecule has 0 bridgehead atoms. The summed E-state index contributed by atoms with van der Waals surface area (Å²) in [5.74, 6) is 0.380. The molecule has 0 aromatic heterocycles. The molecule has 1 aromatic rings. The van der Waals surface area contributed by atoms with Gasteiger partial charge in [-0.1, -0.05) is 42.0 Å². The molecule has 1 aliphatic heterocycles. The number of hydrogen-bond acceptors (Lipinski definition) is 3. The Balaban J connectivity index is 1.47. The van der Waals surface area contributed by atoms with Crippen LogP contribution in [0.4, 0.5) is 0 Å². The fourth-order valence-electron chi connectivity index (χ4n) is 3.92. The lowest BCUT2D eigenvalue weighted by molar-refractivity contribution is -0.132. The summed E-state index contributed by atoms with van der Waals surface area (Å²) < 4.78 is 27.4. The van der Waals surface area contributed by atoms with E-state index in [0.717, 1.165) is 37.8 Å². The van der Waals surface area contributed by atoms with E-state index in [2.05, 4.69) is 10.8 Å². The van der Waals surface area contributed by atoms with Crippen LogP contribution < -0.4 is 4.72 Å². The van der Waals surface area contributed by atoms with Gasteiger partial charge in [-0.25, -0.2) is 13.1 Å². The van der Waals surface area contributed by atoms with Gasteiger partial charge in [-0.15, -0.1) is 0 Å². The van der Waals surface area contributed by atoms with Crippen LogP contribution in [0, 0.1) is 5.92 Å². The molecule has 1 aromatic carbocycles. The Morgan fingerprint density at radius 2 is 1.96 bits per heavy atom. The lowest BCUT2D eigenvalue weighted by Crippen LogP contribution is -2.43. The number of nitrogens with zero attached hydrogens (tertiary/aromatic N) is 1. The average molecular weight is 391 g/mol. The van der Waals surface area contributed by atoms with Gasteiger partial charge in [0.05, 0.1) is 5.75 Å². The number of carbonyl (C=O) groups excluding carboxylic acids is 1. The molecule has 1 fully saturated rings. The van der Waals surface area contributed by atoms with Gasteiger partial charge in [0, 0.05) is 26.1 Å². The van der Waals surface area contributed by atoms with E-state index in [1.54, 1.807) is 0 Å². The highest BCUT2D eigenvalue weighted by Crippen LogP contribution is 2.23. The summed E-state index contributed by atoms with van der Waals surface area (Å²) in [5.41, 5.74) is 2.06. The smallest absolute Gasteiger partial charge is 0.226 e. The molecule has 3 rings (SSSR count). The van der Waals surface area contributed by atoms with E-state index in [9.17, 15) is 13.2 Å². The number of rotatable bonds is 7. The summed E-state index contributed by atoms with van der Waals surface area (Å²) in [5, 5.41) is 0. The number of allylic oxidation sites excluding steroid dienone is 1. The van der Waals surface area contributed by atoms with Crippen molar-refractivity contribution in [2.45, 2.75) is 50.7 Å². The quantitative estimate of drug-likeness (QED) is 0.727. The number of piperidine rings is 1. The van der Waals surface area contributed by atoms with Crippen LogP contribution in [0.1, 0.15) is 50.5 Å². The van der Waals surface area contributed by atoms with E-state index >= 15 is 0 Å². The molecule has 2 aliphatic rings. The van der Waals surface area contributed by atoms with Crippen LogP contribution in [-0.2, 0) is 20.6 Å². The highest BCUT2D eigenvalue weighted by atomic mass is 32.2. The van der Waals surface area contributed by atoms with Gasteiger partial charge < -0.3 is 4.90 Å². The van der Waals surface area contributed by atoms with Crippen molar-refractivity contribution in [2.24, 2.45) is 5.92 Å². The van der Waals surface area contributed by atoms with Crippen LogP contribution in [0.3, 0.4) is 0 Å². The minimum Gasteiger partial charge on any atom is -0.342 e. The van der Waals surface area contributed by atoms with E-state index in [0.29, 0.717) is 19.5 Å². The third-order valence-electron chi connectivity index (χ3n) is 5.43. The average Bonchev–Trinajstić information content (AvgIpc) is 2.68. The Kier molecular flexibility index (Phi) is 7.07. The molecule has 1 N–H and O–H groups in total. The van der Waals surface area contributed by atoms with Gasteiger partial charge in [0.2, 0.25) is 15.9 Å². The van der Waals surface area contributed by atoms with Gasteiger partial charge >= 0.3 is 0 Å². The Hall–Kier alpha value is -1.66. The summed E-state index contributed by atoms with van der Waals surface area (Å²) in [4.78, 5) is 14.5. The van der Waals surface area contributed by atoms with Crippen LogP contribution in [-0.4, -0.2) is 38.9 Å². The summed E-state index contributed by atoms with van der Waals surface area (Å²) in [6, 6.07) is 9.20. The Morgan fingerprint density at radius 1 is 1.15 bits per heavy atom. The molecule has 0 saturated carbocycles. The molecule has 1 aliphatic carbocycles. The van der Waals surface area contributed by atoms with Crippen LogP contribution in [0.25, 0.3) is 0 Å². The minimum atomic E-state index is -3.36. The number of hydrogen-bond donors (Lipinski definition) is 1. The second-order valence-corrected chi connectivity index (χ2v) is 9.53. The Morgan fingerprint density at radius 3 is 2.70 bits per heavy atom. The third-order valence-corrected chi connectivity index (χ3v) is 6.75. The van der Waals surface area contributed by atoms with E-state index in [1.807, 2.05) is 35.2 Å². The zero-order valence-electron chi connectivity index (χ0n) is 15.9. The van der Waals surface area contributed by atoms with Crippen LogP contribution >= 0.6 is 0 Å². The van der Waals surface area contributed by atoms with Gasteiger partial charge in [-0.2, -0.15) is 0 Å². The van der Waals surface area contributed by atoms with Crippen molar-refractivity contribution in [1.82, 2.24) is 9.62 Å². The number of amides is 1. The first-order chi connectivity index (χ1) is 13.0. The molecular weight excluding hydrogens is 360 g/mol. The molecule has 0 unspecified atom stereocenters. The van der Waals surface area contributed by atoms with Crippen molar-refractivity contribution >= 4 is 15.9 Å². The molecule has 148 valence electrons. The van der Waals surface area contributed by atoms with Crippen molar-refractivity contribution in [3.8, 4) is 0 Å². The minimum absolute atomic E-state index is 0.00262. The standard InChI is InChI=1S/C21H30N2O3S/c24-21(14-18-8-3-1-4-9-18)23-13-7-12-20(16-23)15-22-27(25,26)17-19-10-5-2-6-11-19/h2,5-6,8,10-11,20,22H,1,3-4,7,9,12-17H2/t20-/m1/s1. The summed E-state index contributed by atoms with van der Waals surface area (Å²) in [7, 11) is -3.36. The maximum Gasteiger partial charge on any atom is 0.226 e. The van der Waals surface area contributed by atoms with Crippen molar-refractivity contribution < 1.29 is 13.2 Å². The zero-order valence-corrected chi connectivity index (χ0v) is 16.7. The van der Waals surface area contributed by atoms with Crippen molar-refractivity contribution in [2.75, 3.05) is 19.6 Å². The normalized spacial score (nSPS) is 21.0. The lowest BCUT2D eigenvalue weighted by Gasteiger charge is -2.33. The van der Waals surface area contributed by atoms with Gasteiger partial charge in [0.15, 0.2) is 0 Å². The number of nitrogens with one attached hydrogen (secondary N) is 1. The molecule has 0 spiro atoms. The highest BCUT2D eigenvalue weighted by molar-refractivity contribution is 7.88. The predicted molar refractivity (Wildman–Crippen MR) is 108 cm³/mol. The summed E-state index contributed by atoms with van der Waals surface area (Å²) in [6.45, 7) is 1.85. The van der Waals surface area contributed by atoms with Crippen LogP contribution in [0.5, 0.6) is 0 Å². The van der Waals surface area contributed by atoms with E-state index in [-0.39, 0.29) is 17.6 Å². The van der Waals surface area contributed by atoms with Crippen LogP contribution in [0.2, 0.25) is 0 Å². The predicted octanol–water partition coefficient (Wildman–Crippen LogP) is 3.24. The molecule has 1 atom stereocenters. The zero-order chi connectivity index (χ0) is 19.1. The van der Waals surface area contributed by atoms with Gasteiger partial charge in [-0.05, 0) is 50.0 Å². The molecule has 1 amide bonds. The molecule has 1 heterocycles. The van der Waals surface area contributed by atoms with Crippen molar-refractivity contribution in [1.29, 1.82) is 0 Å². The fourth-order valence-corrected chi connectivity index (χ4v) is 5.14. The van der Waals surface area contributed by atoms with Gasteiger partial charge in [-0.3, -0.25) is 4.79 Å². The second-order valence-electron chi connectivity index (χ2n) is 7.73. The Labute approximate surface area is 162 Å². The second kappa shape index (κ2) is 9.51. The molecular formula is C21H30N2O3S. The first kappa shape index (κ1) is 20.1. The third kappa shape index (κ3) is 6.47. The maximum absolute atomic E-state index is 12.6. The summed E-state index contributed by atoms with van der Waals surface area (Å²) in [6.07, 6.45) is 9.21.